The van der Waals surface area contributed by atoms with Gasteiger partial charge in [-0.1, -0.05) is 40.9 Å². The minimum atomic E-state index is -0.367. The molecule has 0 radical (unpaired) electrons. The first-order valence-electron chi connectivity index (χ1n) is 10.0. The normalized spacial score (nSPS) is 10.8. The Labute approximate surface area is 200 Å². The zero-order chi connectivity index (χ0) is 23.4. The van der Waals surface area contributed by atoms with E-state index in [4.69, 9.17) is 32.7 Å². The molecule has 4 aromatic rings. The molecule has 0 bridgehead atoms. The van der Waals surface area contributed by atoms with Crippen LogP contribution in [0.15, 0.2) is 61.1 Å². The minimum absolute atomic E-state index is 0.0856. The van der Waals surface area contributed by atoms with Crippen LogP contribution in [-0.4, -0.2) is 25.5 Å². The van der Waals surface area contributed by atoms with Crippen molar-refractivity contribution in [1.82, 2.24) is 19.6 Å². The lowest BCUT2D eigenvalue weighted by Gasteiger charge is -2.09. The topological polar surface area (TPSA) is 83.2 Å². The van der Waals surface area contributed by atoms with Crippen LogP contribution in [0.2, 0.25) is 10.0 Å². The van der Waals surface area contributed by atoms with Crippen LogP contribution < -0.4 is 14.8 Å². The number of carbonyl (C=O) groups excluding carboxylic acids is 1. The van der Waals surface area contributed by atoms with Crippen molar-refractivity contribution in [2.24, 2.45) is 0 Å². The van der Waals surface area contributed by atoms with Gasteiger partial charge in [-0.15, -0.1) is 0 Å². The predicted octanol–water partition coefficient (Wildman–Crippen LogP) is 5.33. The summed E-state index contributed by atoms with van der Waals surface area (Å²) in [5.41, 5.74) is 2.99. The van der Waals surface area contributed by atoms with E-state index in [9.17, 15) is 4.79 Å². The molecule has 0 saturated carbocycles. The maximum atomic E-state index is 12.5. The van der Waals surface area contributed by atoms with Crippen LogP contribution in [0.4, 0.5) is 5.69 Å². The molecule has 8 nitrogen and oxygen atoms in total. The Hall–Kier alpha value is -3.49. The highest BCUT2D eigenvalue weighted by Gasteiger charge is 2.12. The Balaban J connectivity index is 1.30. The average molecular weight is 486 g/mol. The summed E-state index contributed by atoms with van der Waals surface area (Å²) < 4.78 is 14.5. The molecule has 170 valence electrons. The number of hydrogen-bond donors (Lipinski definition) is 1. The summed E-state index contributed by atoms with van der Waals surface area (Å²) in [6.45, 7) is 4.33. The monoisotopic (exact) mass is 485 g/mol. The van der Waals surface area contributed by atoms with Crippen molar-refractivity contribution in [3.05, 3.63) is 87.9 Å². The molecule has 0 aliphatic heterocycles. The van der Waals surface area contributed by atoms with Crippen LogP contribution in [0.3, 0.4) is 0 Å². The molecular weight excluding hydrogens is 465 g/mol. The number of nitrogens with one attached hydrogen (secondary N) is 1. The Morgan fingerprint density at radius 1 is 1.00 bits per heavy atom. The van der Waals surface area contributed by atoms with Crippen molar-refractivity contribution in [3.8, 4) is 11.5 Å². The second kappa shape index (κ2) is 9.97. The molecule has 4 rings (SSSR count). The van der Waals surface area contributed by atoms with E-state index in [1.54, 1.807) is 47.5 Å². The highest BCUT2D eigenvalue weighted by atomic mass is 35.5. The Bertz CT molecular complexity index is 1280. The smallest absolute Gasteiger partial charge is 0.276 e. The fourth-order valence-electron chi connectivity index (χ4n) is 3.07. The van der Waals surface area contributed by atoms with Crippen LogP contribution >= 0.6 is 23.2 Å². The van der Waals surface area contributed by atoms with Gasteiger partial charge >= 0.3 is 0 Å². The summed E-state index contributed by atoms with van der Waals surface area (Å²) in [5, 5.41) is 12.1. The lowest BCUT2D eigenvalue weighted by molar-refractivity contribution is 0.102. The molecule has 0 unspecified atom stereocenters. The molecule has 1 N–H and O–H groups in total. The first-order chi connectivity index (χ1) is 15.9. The quantitative estimate of drug-likeness (QED) is 0.364. The van der Waals surface area contributed by atoms with Gasteiger partial charge in [0, 0.05) is 11.2 Å². The zero-order valence-electron chi connectivity index (χ0n) is 18.0. The predicted molar refractivity (Wildman–Crippen MR) is 126 cm³/mol. The van der Waals surface area contributed by atoms with Crippen LogP contribution in [0.1, 0.15) is 21.6 Å². The summed E-state index contributed by atoms with van der Waals surface area (Å²) in [5.74, 6) is 0.889. The number of amides is 1. The van der Waals surface area contributed by atoms with E-state index in [0.717, 1.165) is 11.3 Å². The van der Waals surface area contributed by atoms with Gasteiger partial charge in [-0.2, -0.15) is 10.2 Å². The number of halogens is 2. The van der Waals surface area contributed by atoms with Gasteiger partial charge in [0.2, 0.25) is 0 Å². The van der Waals surface area contributed by atoms with Crippen LogP contribution in [0, 0.1) is 13.8 Å². The molecule has 2 aromatic carbocycles. The fraction of sp³-hybridized carbons (Fsp3) is 0.174. The first kappa shape index (κ1) is 22.7. The summed E-state index contributed by atoms with van der Waals surface area (Å²) in [4.78, 5) is 12.5. The molecule has 10 heteroatoms. The molecule has 1 amide bonds. The summed E-state index contributed by atoms with van der Waals surface area (Å²) in [7, 11) is 0. The van der Waals surface area contributed by atoms with Crippen LogP contribution in [-0.2, 0) is 13.5 Å². The van der Waals surface area contributed by atoms with Gasteiger partial charge in [0.25, 0.3) is 5.91 Å². The number of ether oxygens (including phenoxy) is 2. The van der Waals surface area contributed by atoms with Crippen molar-refractivity contribution in [1.29, 1.82) is 0 Å². The standard InChI is InChI=1S/C23H21Cl2N5O3/c1-15-3-5-21(16(2)9-15)32-14-30-12-18(11-26-30)27-23(31)20-7-8-29(28-20)13-33-22-6-4-17(24)10-19(22)25/h3-12H,13-14H2,1-2H3,(H,27,31). The Kier molecular flexibility index (Phi) is 6.86. The van der Waals surface area contributed by atoms with Crippen LogP contribution in [0.25, 0.3) is 0 Å². The van der Waals surface area contributed by atoms with E-state index in [-0.39, 0.29) is 25.1 Å². The van der Waals surface area contributed by atoms with Crippen molar-refractivity contribution in [2.75, 3.05) is 5.32 Å². The summed E-state index contributed by atoms with van der Waals surface area (Å²) >= 11 is 12.0. The molecule has 0 saturated heterocycles. The number of carbonyl (C=O) groups is 1. The fourth-order valence-corrected chi connectivity index (χ4v) is 3.54. The molecule has 0 fully saturated rings. The van der Waals surface area contributed by atoms with E-state index < -0.39 is 0 Å². The third-order valence-electron chi connectivity index (χ3n) is 4.69. The third-order valence-corrected chi connectivity index (χ3v) is 5.22. The number of hydrogen-bond acceptors (Lipinski definition) is 5. The number of aromatic nitrogens is 4. The first-order valence-corrected chi connectivity index (χ1v) is 10.8. The lowest BCUT2D eigenvalue weighted by atomic mass is 10.1. The summed E-state index contributed by atoms with van der Waals surface area (Å²) in [6, 6.07) is 12.5. The van der Waals surface area contributed by atoms with E-state index in [1.165, 1.54) is 10.2 Å². The van der Waals surface area contributed by atoms with E-state index in [1.807, 2.05) is 26.0 Å². The second-order valence-corrected chi connectivity index (χ2v) is 8.20. The average Bonchev–Trinajstić information content (AvgIpc) is 3.42. The molecule has 0 aliphatic rings. The Morgan fingerprint density at radius 3 is 2.55 bits per heavy atom. The van der Waals surface area contributed by atoms with E-state index in [2.05, 4.69) is 21.6 Å². The molecule has 2 aromatic heterocycles. The number of anilines is 1. The van der Waals surface area contributed by atoms with Gasteiger partial charge in [0.15, 0.2) is 19.2 Å². The largest absolute Gasteiger partial charge is 0.471 e. The number of rotatable bonds is 8. The van der Waals surface area contributed by atoms with Crippen molar-refractivity contribution in [3.63, 3.8) is 0 Å². The van der Waals surface area contributed by atoms with E-state index >= 15 is 0 Å². The third kappa shape index (κ3) is 5.85. The molecule has 2 heterocycles. The van der Waals surface area contributed by atoms with Gasteiger partial charge in [-0.05, 0) is 49.7 Å². The zero-order valence-corrected chi connectivity index (χ0v) is 19.5. The number of benzene rings is 2. The van der Waals surface area contributed by atoms with Gasteiger partial charge in [-0.3, -0.25) is 4.79 Å². The summed E-state index contributed by atoms with van der Waals surface area (Å²) in [6.07, 6.45) is 4.87. The molecular formula is C23H21Cl2N5O3. The maximum Gasteiger partial charge on any atom is 0.276 e. The number of aryl methyl sites for hydroxylation is 2. The van der Waals surface area contributed by atoms with Crippen molar-refractivity contribution in [2.45, 2.75) is 27.3 Å². The molecule has 0 aliphatic carbocycles. The van der Waals surface area contributed by atoms with Crippen molar-refractivity contribution < 1.29 is 14.3 Å². The van der Waals surface area contributed by atoms with Crippen molar-refractivity contribution >= 4 is 34.8 Å². The second-order valence-electron chi connectivity index (χ2n) is 7.35. The van der Waals surface area contributed by atoms with Gasteiger partial charge < -0.3 is 14.8 Å². The van der Waals surface area contributed by atoms with Gasteiger partial charge in [-0.25, -0.2) is 9.36 Å². The Morgan fingerprint density at radius 2 is 1.76 bits per heavy atom. The molecule has 33 heavy (non-hydrogen) atoms. The van der Waals surface area contributed by atoms with E-state index in [0.29, 0.717) is 21.5 Å². The SMILES string of the molecule is Cc1ccc(OCn2cc(NC(=O)c3ccn(COc4ccc(Cl)cc4Cl)n3)cn2)c(C)c1. The molecule has 0 atom stereocenters. The molecule has 0 spiro atoms. The number of nitrogens with zero attached hydrogens (tertiary/aromatic N) is 4. The lowest BCUT2D eigenvalue weighted by Crippen LogP contribution is -2.14. The van der Waals surface area contributed by atoms with Gasteiger partial charge in [0.05, 0.1) is 23.1 Å². The maximum absolute atomic E-state index is 12.5. The van der Waals surface area contributed by atoms with Crippen LogP contribution in [0.5, 0.6) is 11.5 Å². The highest BCUT2D eigenvalue weighted by Crippen LogP contribution is 2.27. The highest BCUT2D eigenvalue weighted by molar-refractivity contribution is 6.35. The minimum Gasteiger partial charge on any atom is -0.471 e. The van der Waals surface area contributed by atoms with Gasteiger partial charge in [0.1, 0.15) is 11.5 Å².